The van der Waals surface area contributed by atoms with Crippen LogP contribution in [0.25, 0.3) is 0 Å². The van der Waals surface area contributed by atoms with Crippen LogP contribution in [0, 0.1) is 13.8 Å². The first-order chi connectivity index (χ1) is 9.97. The fraction of sp³-hybridized carbons (Fsp3) is 0.588. The largest absolute Gasteiger partial charge is 0.483 e. The first-order valence-electron chi connectivity index (χ1n) is 7.61. The molecule has 0 N–H and O–H groups in total. The summed E-state index contributed by atoms with van der Waals surface area (Å²) >= 11 is 0. The molecular formula is C17H26N2O2. The summed E-state index contributed by atoms with van der Waals surface area (Å²) in [7, 11) is 4.02. The van der Waals surface area contributed by atoms with Gasteiger partial charge in [0.2, 0.25) is 0 Å². The van der Waals surface area contributed by atoms with Crippen LogP contribution in [0.2, 0.25) is 0 Å². The van der Waals surface area contributed by atoms with E-state index in [0.29, 0.717) is 6.04 Å². The molecule has 1 aliphatic rings. The van der Waals surface area contributed by atoms with Crippen molar-refractivity contribution in [1.82, 2.24) is 9.80 Å². The van der Waals surface area contributed by atoms with E-state index in [0.717, 1.165) is 42.8 Å². The maximum atomic E-state index is 12.3. The number of aryl methyl sites for hydroxylation is 2. The monoisotopic (exact) mass is 290 g/mol. The lowest BCUT2D eigenvalue weighted by Gasteiger charge is -2.35. The van der Waals surface area contributed by atoms with Crippen molar-refractivity contribution in [3.63, 3.8) is 0 Å². The van der Waals surface area contributed by atoms with Crippen LogP contribution in [0.4, 0.5) is 0 Å². The predicted octanol–water partition coefficient (Wildman–Crippen LogP) is 2.23. The first-order valence-corrected chi connectivity index (χ1v) is 7.61. The van der Waals surface area contributed by atoms with Gasteiger partial charge >= 0.3 is 0 Å². The number of likely N-dealkylation sites (N-methyl/N-ethyl adjacent to an activating group) is 1. The number of piperidine rings is 1. The van der Waals surface area contributed by atoms with Crippen LogP contribution >= 0.6 is 0 Å². The molecule has 0 radical (unpaired) electrons. The van der Waals surface area contributed by atoms with E-state index in [4.69, 9.17) is 4.74 Å². The lowest BCUT2D eigenvalue weighted by molar-refractivity contribution is -0.135. The molecule has 0 aliphatic carbocycles. The SMILES string of the molecule is Cc1ccc(C)c(OCC(=O)N(C)C2CCN(C)CC2)c1. The maximum Gasteiger partial charge on any atom is 0.260 e. The molecule has 2 rings (SSSR count). The summed E-state index contributed by atoms with van der Waals surface area (Å²) in [4.78, 5) is 16.4. The van der Waals surface area contributed by atoms with Gasteiger partial charge in [0, 0.05) is 13.1 Å². The summed E-state index contributed by atoms with van der Waals surface area (Å²) < 4.78 is 5.71. The van der Waals surface area contributed by atoms with Crippen LogP contribution in [-0.2, 0) is 4.79 Å². The second-order valence-corrected chi connectivity index (χ2v) is 6.10. The van der Waals surface area contributed by atoms with Crippen molar-refractivity contribution in [2.45, 2.75) is 32.7 Å². The van der Waals surface area contributed by atoms with Gasteiger partial charge < -0.3 is 14.5 Å². The summed E-state index contributed by atoms with van der Waals surface area (Å²) in [6, 6.07) is 6.40. The Hall–Kier alpha value is -1.55. The average molecular weight is 290 g/mol. The van der Waals surface area contributed by atoms with E-state index < -0.39 is 0 Å². The highest BCUT2D eigenvalue weighted by molar-refractivity contribution is 5.77. The van der Waals surface area contributed by atoms with Crippen molar-refractivity contribution in [3.05, 3.63) is 29.3 Å². The lowest BCUT2D eigenvalue weighted by Crippen LogP contribution is -2.45. The molecule has 1 heterocycles. The molecular weight excluding hydrogens is 264 g/mol. The second-order valence-electron chi connectivity index (χ2n) is 6.10. The Bertz CT molecular complexity index is 494. The molecule has 0 atom stereocenters. The highest BCUT2D eigenvalue weighted by Crippen LogP contribution is 2.19. The van der Waals surface area contributed by atoms with Gasteiger partial charge in [0.25, 0.3) is 5.91 Å². The first kappa shape index (κ1) is 15.8. The molecule has 1 fully saturated rings. The molecule has 1 saturated heterocycles. The van der Waals surface area contributed by atoms with E-state index in [1.165, 1.54) is 0 Å². The molecule has 4 nitrogen and oxygen atoms in total. The van der Waals surface area contributed by atoms with Gasteiger partial charge in [-0.2, -0.15) is 0 Å². The molecule has 0 unspecified atom stereocenters. The van der Waals surface area contributed by atoms with Crippen molar-refractivity contribution < 1.29 is 9.53 Å². The number of carbonyl (C=O) groups excluding carboxylic acids is 1. The average Bonchev–Trinajstić information content (AvgIpc) is 2.48. The van der Waals surface area contributed by atoms with Gasteiger partial charge in [-0.1, -0.05) is 12.1 Å². The van der Waals surface area contributed by atoms with Gasteiger partial charge in [-0.3, -0.25) is 4.79 Å². The molecule has 4 heteroatoms. The van der Waals surface area contributed by atoms with Gasteiger partial charge in [-0.25, -0.2) is 0 Å². The van der Waals surface area contributed by atoms with E-state index in [9.17, 15) is 4.79 Å². The topological polar surface area (TPSA) is 32.8 Å². The Morgan fingerprint density at radius 2 is 2.00 bits per heavy atom. The Balaban J connectivity index is 1.87. The van der Waals surface area contributed by atoms with Gasteiger partial charge in [0.05, 0.1) is 0 Å². The third kappa shape index (κ3) is 4.21. The van der Waals surface area contributed by atoms with E-state index in [-0.39, 0.29) is 12.5 Å². The van der Waals surface area contributed by atoms with Gasteiger partial charge in [0.1, 0.15) is 5.75 Å². The molecule has 0 spiro atoms. The molecule has 21 heavy (non-hydrogen) atoms. The fourth-order valence-corrected chi connectivity index (χ4v) is 2.69. The molecule has 0 bridgehead atoms. The van der Waals surface area contributed by atoms with E-state index >= 15 is 0 Å². The minimum Gasteiger partial charge on any atom is -0.483 e. The Morgan fingerprint density at radius 1 is 1.33 bits per heavy atom. The van der Waals surface area contributed by atoms with Crippen molar-refractivity contribution in [2.24, 2.45) is 0 Å². The molecule has 0 aromatic heterocycles. The van der Waals surface area contributed by atoms with Crippen LogP contribution < -0.4 is 4.74 Å². The minimum absolute atomic E-state index is 0.0606. The number of rotatable bonds is 4. The fourth-order valence-electron chi connectivity index (χ4n) is 2.69. The van der Waals surface area contributed by atoms with Gasteiger partial charge in [-0.15, -0.1) is 0 Å². The van der Waals surface area contributed by atoms with Crippen LogP contribution in [0.15, 0.2) is 18.2 Å². The maximum absolute atomic E-state index is 12.3. The molecule has 1 aliphatic heterocycles. The third-order valence-electron chi connectivity index (χ3n) is 4.32. The number of likely N-dealkylation sites (tertiary alicyclic amines) is 1. The van der Waals surface area contributed by atoms with E-state index in [1.807, 2.05) is 37.9 Å². The zero-order chi connectivity index (χ0) is 15.4. The molecule has 1 aromatic carbocycles. The van der Waals surface area contributed by atoms with Crippen molar-refractivity contribution in [1.29, 1.82) is 0 Å². The Kier molecular flexibility index (Phi) is 5.23. The number of hydrogen-bond acceptors (Lipinski definition) is 3. The Morgan fingerprint density at radius 3 is 2.67 bits per heavy atom. The third-order valence-corrected chi connectivity index (χ3v) is 4.32. The van der Waals surface area contributed by atoms with Crippen LogP contribution in [0.3, 0.4) is 0 Å². The molecule has 1 aromatic rings. The summed E-state index contributed by atoms with van der Waals surface area (Å²) in [5, 5.41) is 0. The summed E-state index contributed by atoms with van der Waals surface area (Å²) in [5.74, 6) is 0.866. The predicted molar refractivity (Wildman–Crippen MR) is 84.7 cm³/mol. The molecule has 1 amide bonds. The second kappa shape index (κ2) is 6.94. The van der Waals surface area contributed by atoms with Crippen LogP contribution in [0.1, 0.15) is 24.0 Å². The Labute approximate surface area is 127 Å². The van der Waals surface area contributed by atoms with E-state index in [2.05, 4.69) is 18.0 Å². The normalized spacial score (nSPS) is 16.8. The van der Waals surface area contributed by atoms with Crippen molar-refractivity contribution in [2.75, 3.05) is 33.8 Å². The summed E-state index contributed by atoms with van der Waals surface area (Å²) in [6.45, 7) is 6.26. The van der Waals surface area contributed by atoms with Crippen molar-refractivity contribution in [3.8, 4) is 5.75 Å². The molecule has 0 saturated carbocycles. The number of ether oxygens (including phenoxy) is 1. The zero-order valence-corrected chi connectivity index (χ0v) is 13.6. The number of benzene rings is 1. The number of hydrogen-bond donors (Lipinski definition) is 0. The standard InChI is InChI=1S/C17H26N2O2/c1-13-5-6-14(2)16(11-13)21-12-17(20)19(4)15-7-9-18(3)10-8-15/h5-6,11,15H,7-10,12H2,1-4H3. The zero-order valence-electron chi connectivity index (χ0n) is 13.6. The van der Waals surface area contributed by atoms with Crippen LogP contribution in [0.5, 0.6) is 5.75 Å². The molecule has 116 valence electrons. The summed E-state index contributed by atoms with van der Waals surface area (Å²) in [6.07, 6.45) is 2.09. The number of amides is 1. The number of carbonyl (C=O) groups is 1. The summed E-state index contributed by atoms with van der Waals surface area (Å²) in [5.41, 5.74) is 2.21. The smallest absolute Gasteiger partial charge is 0.260 e. The highest BCUT2D eigenvalue weighted by atomic mass is 16.5. The highest BCUT2D eigenvalue weighted by Gasteiger charge is 2.24. The van der Waals surface area contributed by atoms with Crippen molar-refractivity contribution >= 4 is 5.91 Å². The quantitative estimate of drug-likeness (QED) is 0.852. The van der Waals surface area contributed by atoms with Crippen LogP contribution in [-0.4, -0.2) is 55.5 Å². The lowest BCUT2D eigenvalue weighted by atomic mass is 10.0. The van der Waals surface area contributed by atoms with Gasteiger partial charge in [0.15, 0.2) is 6.61 Å². The minimum atomic E-state index is 0.0606. The van der Waals surface area contributed by atoms with Gasteiger partial charge in [-0.05, 0) is 64.0 Å². The van der Waals surface area contributed by atoms with E-state index in [1.54, 1.807) is 0 Å². The number of nitrogens with zero attached hydrogens (tertiary/aromatic N) is 2.